The van der Waals surface area contributed by atoms with E-state index in [9.17, 15) is 4.79 Å². The molecule has 5 rings (SSSR count). The standard InChI is InChI=1S/C24H23N5O3/c1-31-22-13-17(24(30)29-8-10-32-11-9-29)6-7-19(22)27-23-15-25-14-21(28-23)20-12-16-4-2-3-5-18(16)26-20/h2-7,12-15,26H,8-11H2,1H3,(H,27,28). The number of nitrogens with one attached hydrogen (secondary N) is 2. The van der Waals surface area contributed by atoms with Crippen LogP contribution in [0.1, 0.15) is 10.4 Å². The molecule has 0 radical (unpaired) electrons. The highest BCUT2D eigenvalue weighted by Gasteiger charge is 2.20. The molecule has 0 bridgehead atoms. The van der Waals surface area contributed by atoms with E-state index in [2.05, 4.69) is 27.4 Å². The van der Waals surface area contributed by atoms with Crippen LogP contribution in [-0.2, 0) is 4.74 Å². The molecule has 1 saturated heterocycles. The van der Waals surface area contributed by atoms with Gasteiger partial charge in [-0.3, -0.25) is 9.78 Å². The Morgan fingerprint density at radius 2 is 1.97 bits per heavy atom. The van der Waals surface area contributed by atoms with Crippen molar-refractivity contribution in [1.82, 2.24) is 19.9 Å². The number of aromatic amines is 1. The Morgan fingerprint density at radius 1 is 1.12 bits per heavy atom. The lowest BCUT2D eigenvalue weighted by atomic mass is 10.1. The van der Waals surface area contributed by atoms with Crippen molar-refractivity contribution in [3.8, 4) is 17.1 Å². The summed E-state index contributed by atoms with van der Waals surface area (Å²) < 4.78 is 10.9. The maximum Gasteiger partial charge on any atom is 0.254 e. The quantitative estimate of drug-likeness (QED) is 0.501. The van der Waals surface area contributed by atoms with Crippen molar-refractivity contribution in [1.29, 1.82) is 0 Å². The van der Waals surface area contributed by atoms with E-state index in [-0.39, 0.29) is 5.91 Å². The summed E-state index contributed by atoms with van der Waals surface area (Å²) in [6.07, 6.45) is 3.37. The number of rotatable bonds is 5. The van der Waals surface area contributed by atoms with Crippen LogP contribution in [-0.4, -0.2) is 59.2 Å². The molecule has 2 aromatic heterocycles. The molecule has 1 amide bonds. The Hall–Kier alpha value is -3.91. The molecular weight excluding hydrogens is 406 g/mol. The maximum absolute atomic E-state index is 12.8. The fourth-order valence-electron chi connectivity index (χ4n) is 3.78. The lowest BCUT2D eigenvalue weighted by Crippen LogP contribution is -2.40. The average molecular weight is 429 g/mol. The zero-order valence-electron chi connectivity index (χ0n) is 17.7. The number of amides is 1. The van der Waals surface area contributed by atoms with Crippen molar-refractivity contribution in [3.05, 3.63) is 66.5 Å². The molecule has 32 heavy (non-hydrogen) atoms. The Balaban J connectivity index is 1.38. The van der Waals surface area contributed by atoms with Gasteiger partial charge in [0, 0.05) is 29.6 Å². The Kier molecular flexibility index (Phi) is 5.43. The van der Waals surface area contributed by atoms with Gasteiger partial charge in [0.25, 0.3) is 5.91 Å². The number of carbonyl (C=O) groups excluding carboxylic acids is 1. The largest absolute Gasteiger partial charge is 0.495 e. The van der Waals surface area contributed by atoms with Crippen molar-refractivity contribution in [2.24, 2.45) is 0 Å². The summed E-state index contributed by atoms with van der Waals surface area (Å²) >= 11 is 0. The summed E-state index contributed by atoms with van der Waals surface area (Å²) in [4.78, 5) is 27.0. The van der Waals surface area contributed by atoms with E-state index < -0.39 is 0 Å². The van der Waals surface area contributed by atoms with Gasteiger partial charge in [-0.1, -0.05) is 18.2 Å². The maximum atomic E-state index is 12.8. The SMILES string of the molecule is COc1cc(C(=O)N2CCOCC2)ccc1Nc1cncc(-c2cc3ccccc3[nH]2)n1. The summed E-state index contributed by atoms with van der Waals surface area (Å²) in [7, 11) is 1.58. The fourth-order valence-corrected chi connectivity index (χ4v) is 3.78. The highest BCUT2D eigenvalue weighted by Crippen LogP contribution is 2.30. The first-order chi connectivity index (χ1) is 15.7. The minimum atomic E-state index is -0.0289. The normalized spacial score (nSPS) is 13.8. The van der Waals surface area contributed by atoms with Gasteiger partial charge in [-0.15, -0.1) is 0 Å². The number of anilines is 2. The predicted octanol–water partition coefficient (Wildman–Crippen LogP) is 3.85. The number of nitrogens with zero attached hydrogens (tertiary/aromatic N) is 3. The van der Waals surface area contributed by atoms with Crippen LogP contribution in [0.5, 0.6) is 5.75 Å². The number of carbonyl (C=O) groups is 1. The van der Waals surface area contributed by atoms with Gasteiger partial charge in [-0.2, -0.15) is 0 Å². The second-order valence-corrected chi connectivity index (χ2v) is 7.50. The van der Waals surface area contributed by atoms with Crippen LogP contribution in [0, 0.1) is 0 Å². The first kappa shape index (κ1) is 20.0. The van der Waals surface area contributed by atoms with Gasteiger partial charge in [0.15, 0.2) is 0 Å². The van der Waals surface area contributed by atoms with E-state index in [1.165, 1.54) is 0 Å². The minimum Gasteiger partial charge on any atom is -0.495 e. The Labute approximate surface area is 185 Å². The van der Waals surface area contributed by atoms with E-state index >= 15 is 0 Å². The van der Waals surface area contributed by atoms with E-state index in [0.29, 0.717) is 49.1 Å². The molecule has 0 unspecified atom stereocenters. The van der Waals surface area contributed by atoms with E-state index in [0.717, 1.165) is 22.3 Å². The summed E-state index contributed by atoms with van der Waals surface area (Å²) in [6, 6.07) is 15.5. The molecule has 0 atom stereocenters. The second-order valence-electron chi connectivity index (χ2n) is 7.50. The molecule has 2 N–H and O–H groups in total. The van der Waals surface area contributed by atoms with Crippen LogP contribution in [0.4, 0.5) is 11.5 Å². The number of para-hydroxylation sites is 1. The molecule has 2 aromatic carbocycles. The van der Waals surface area contributed by atoms with Crippen LogP contribution in [0.15, 0.2) is 60.9 Å². The van der Waals surface area contributed by atoms with Crippen LogP contribution in [0.2, 0.25) is 0 Å². The molecule has 0 aliphatic carbocycles. The third kappa shape index (κ3) is 4.00. The van der Waals surface area contributed by atoms with Crippen LogP contribution < -0.4 is 10.1 Å². The fraction of sp³-hybridized carbons (Fsp3) is 0.208. The van der Waals surface area contributed by atoms with Crippen LogP contribution >= 0.6 is 0 Å². The van der Waals surface area contributed by atoms with Crippen molar-refractivity contribution < 1.29 is 14.3 Å². The topological polar surface area (TPSA) is 92.4 Å². The molecular formula is C24H23N5O3. The second kappa shape index (κ2) is 8.68. The Morgan fingerprint density at radius 3 is 2.78 bits per heavy atom. The number of methoxy groups -OCH3 is 1. The van der Waals surface area contributed by atoms with Crippen molar-refractivity contribution in [3.63, 3.8) is 0 Å². The summed E-state index contributed by atoms with van der Waals surface area (Å²) in [5.74, 6) is 1.10. The number of H-pyrrole nitrogens is 1. The number of benzene rings is 2. The van der Waals surface area contributed by atoms with Gasteiger partial charge in [0.05, 0.1) is 44.1 Å². The molecule has 1 aliphatic heterocycles. The van der Waals surface area contributed by atoms with Gasteiger partial charge < -0.3 is 24.7 Å². The lowest BCUT2D eigenvalue weighted by Gasteiger charge is -2.27. The average Bonchev–Trinajstić information content (AvgIpc) is 3.29. The predicted molar refractivity (Wildman–Crippen MR) is 122 cm³/mol. The summed E-state index contributed by atoms with van der Waals surface area (Å²) in [5, 5.41) is 4.37. The van der Waals surface area contributed by atoms with Gasteiger partial charge >= 0.3 is 0 Å². The van der Waals surface area contributed by atoms with Crippen LogP contribution in [0.3, 0.4) is 0 Å². The van der Waals surface area contributed by atoms with Crippen molar-refractivity contribution in [2.75, 3.05) is 38.7 Å². The van der Waals surface area contributed by atoms with Gasteiger partial charge in [-0.05, 0) is 30.3 Å². The number of morpholine rings is 1. The molecule has 162 valence electrons. The molecule has 8 nitrogen and oxygen atoms in total. The number of ether oxygens (including phenoxy) is 2. The van der Waals surface area contributed by atoms with E-state index in [4.69, 9.17) is 14.5 Å². The van der Waals surface area contributed by atoms with Gasteiger partial charge in [0.1, 0.15) is 17.3 Å². The van der Waals surface area contributed by atoms with Gasteiger partial charge in [-0.25, -0.2) is 4.98 Å². The zero-order valence-corrected chi connectivity index (χ0v) is 17.7. The third-order valence-electron chi connectivity index (χ3n) is 5.45. The molecule has 1 fully saturated rings. The monoisotopic (exact) mass is 429 g/mol. The molecule has 0 spiro atoms. The lowest BCUT2D eigenvalue weighted by molar-refractivity contribution is 0.0302. The molecule has 4 aromatic rings. The van der Waals surface area contributed by atoms with Crippen LogP contribution in [0.25, 0.3) is 22.3 Å². The minimum absolute atomic E-state index is 0.0289. The highest BCUT2D eigenvalue weighted by molar-refractivity contribution is 5.95. The first-order valence-corrected chi connectivity index (χ1v) is 10.4. The number of fused-ring (bicyclic) bond motifs is 1. The van der Waals surface area contributed by atoms with Crippen molar-refractivity contribution >= 4 is 28.3 Å². The molecule has 8 heteroatoms. The third-order valence-corrected chi connectivity index (χ3v) is 5.45. The summed E-state index contributed by atoms with van der Waals surface area (Å²) in [6.45, 7) is 2.32. The van der Waals surface area contributed by atoms with E-state index in [1.807, 2.05) is 24.3 Å². The summed E-state index contributed by atoms with van der Waals surface area (Å²) in [5.41, 5.74) is 3.94. The Bertz CT molecular complexity index is 1230. The smallest absolute Gasteiger partial charge is 0.254 e. The zero-order chi connectivity index (χ0) is 21.9. The first-order valence-electron chi connectivity index (χ1n) is 10.4. The van der Waals surface area contributed by atoms with Crippen molar-refractivity contribution in [2.45, 2.75) is 0 Å². The number of hydrogen-bond donors (Lipinski definition) is 2. The molecule has 1 aliphatic rings. The highest BCUT2D eigenvalue weighted by atomic mass is 16.5. The number of hydrogen-bond acceptors (Lipinski definition) is 6. The van der Waals surface area contributed by atoms with E-state index in [1.54, 1.807) is 36.5 Å². The number of aromatic nitrogens is 3. The molecule has 0 saturated carbocycles. The molecule has 3 heterocycles. The van der Waals surface area contributed by atoms with Gasteiger partial charge in [0.2, 0.25) is 0 Å².